The van der Waals surface area contributed by atoms with E-state index in [1.54, 1.807) is 0 Å². The molecule has 0 bridgehead atoms. The summed E-state index contributed by atoms with van der Waals surface area (Å²) >= 11 is 0. The van der Waals surface area contributed by atoms with Crippen LogP contribution in [0, 0.1) is 0 Å². The van der Waals surface area contributed by atoms with Crippen LogP contribution in [0.4, 0.5) is 34.1 Å². The number of rotatable bonds is 11. The maximum atomic E-state index is 2.76. The van der Waals surface area contributed by atoms with Crippen molar-refractivity contribution in [2.75, 3.05) is 9.80 Å². The van der Waals surface area contributed by atoms with E-state index < -0.39 is 0 Å². The van der Waals surface area contributed by atoms with Crippen LogP contribution < -0.4 is 26.2 Å². The first kappa shape index (κ1) is 58.0. The van der Waals surface area contributed by atoms with Gasteiger partial charge in [-0.05, 0) is 169 Å². The molecule has 0 spiro atoms. The average Bonchev–Trinajstić information content (AvgIpc) is 1.18. The van der Waals surface area contributed by atoms with Gasteiger partial charge in [0.25, 0.3) is 6.71 Å². The van der Waals surface area contributed by atoms with E-state index in [1.165, 1.54) is 144 Å². The van der Waals surface area contributed by atoms with Crippen LogP contribution in [-0.2, 0) is 17.3 Å². The number of aryl methyl sites for hydroxylation is 1. The molecule has 0 radical (unpaired) electrons. The van der Waals surface area contributed by atoms with E-state index in [0.717, 1.165) is 42.0 Å². The van der Waals surface area contributed by atoms with Gasteiger partial charge in [0.2, 0.25) is 0 Å². The topological polar surface area (TPSA) is 16.3 Å². The summed E-state index contributed by atoms with van der Waals surface area (Å²) in [4.78, 5) is 5.49. The minimum Gasteiger partial charge on any atom is -0.310 e. The van der Waals surface area contributed by atoms with E-state index in [4.69, 9.17) is 0 Å². The molecular weight excluding hydrogens is 1150 g/mol. The largest absolute Gasteiger partial charge is 0.310 e. The number of fused-ring (bicyclic) bond motifs is 10. The molecule has 458 valence electrons. The molecule has 0 unspecified atom stereocenters. The van der Waals surface area contributed by atoms with Gasteiger partial charge in [-0.2, -0.15) is 0 Å². The number of benzene rings is 13. The quantitative estimate of drug-likeness (QED) is 0.120. The van der Waals surface area contributed by atoms with Crippen LogP contribution in [-0.4, -0.2) is 15.8 Å². The van der Waals surface area contributed by atoms with Crippen molar-refractivity contribution < 1.29 is 0 Å². The predicted octanol–water partition coefficient (Wildman–Crippen LogP) is 22.6. The maximum absolute atomic E-state index is 2.76. The Labute approximate surface area is 558 Å². The number of aromatic nitrogens is 2. The average molecular weight is 1220 g/mol. The van der Waals surface area contributed by atoms with Gasteiger partial charge in [0, 0.05) is 72.4 Å². The van der Waals surface area contributed by atoms with Gasteiger partial charge < -0.3 is 18.9 Å². The fourth-order valence-electron chi connectivity index (χ4n) is 15.7. The summed E-state index contributed by atoms with van der Waals surface area (Å²) in [6.07, 6.45) is 3.00. The lowest BCUT2D eigenvalue weighted by Gasteiger charge is -2.46. The molecule has 5 heteroatoms. The van der Waals surface area contributed by atoms with Gasteiger partial charge in [-0.3, -0.25) is 0 Å². The number of hydrogen-bond donors (Lipinski definition) is 0. The van der Waals surface area contributed by atoms with Gasteiger partial charge in [-0.15, -0.1) is 0 Å². The molecule has 0 saturated heterocycles. The first-order valence-electron chi connectivity index (χ1n) is 34.0. The van der Waals surface area contributed by atoms with Crippen LogP contribution in [0.2, 0.25) is 0 Å². The van der Waals surface area contributed by atoms with Crippen molar-refractivity contribution in [1.82, 2.24) is 9.13 Å². The van der Waals surface area contributed by atoms with Gasteiger partial charge in [0.1, 0.15) is 0 Å². The van der Waals surface area contributed by atoms with Crippen LogP contribution in [0.1, 0.15) is 78.0 Å². The lowest BCUT2D eigenvalue weighted by atomic mass is 9.33. The molecule has 2 aliphatic rings. The summed E-state index contributed by atoms with van der Waals surface area (Å²) in [5.74, 6) is 0. The molecule has 4 heterocycles. The minimum atomic E-state index is -0.292. The van der Waals surface area contributed by atoms with Crippen LogP contribution in [0.5, 0.6) is 0 Å². The van der Waals surface area contributed by atoms with Crippen molar-refractivity contribution in [2.45, 2.75) is 78.6 Å². The SMILES string of the molecule is CCCCc1cc(-c2ccccc2)cc(-c2ccccc2)c1N1c2cc(-n3c4ccccc4c4ccccc43)ccc2B2c3ccc(-n4c5ccccc5c5ccccc54)cc3N(c3c(-c4ccccc4)cc(C(C)(C)C)cc3-c3ccccc3)c3cc(C(C)(C)C)cc1c32. The Morgan fingerprint density at radius 3 is 1.07 bits per heavy atom. The van der Waals surface area contributed by atoms with E-state index >= 15 is 0 Å². The van der Waals surface area contributed by atoms with Crippen LogP contribution >= 0.6 is 0 Å². The van der Waals surface area contributed by atoms with Crippen LogP contribution in [0.15, 0.2) is 291 Å². The Hall–Kier alpha value is -10.9. The molecule has 2 aromatic heterocycles. The third kappa shape index (κ3) is 9.57. The predicted molar refractivity (Wildman–Crippen MR) is 407 cm³/mol. The zero-order valence-corrected chi connectivity index (χ0v) is 55.2. The number of nitrogens with zero attached hydrogens (tertiary/aromatic N) is 4. The Bertz CT molecular complexity index is 5330. The van der Waals surface area contributed by atoms with Gasteiger partial charge in [-0.25, -0.2) is 0 Å². The molecule has 13 aromatic carbocycles. The summed E-state index contributed by atoms with van der Waals surface area (Å²) in [5, 5.41) is 4.97. The molecule has 2 aliphatic heterocycles. The smallest absolute Gasteiger partial charge is 0.252 e. The molecule has 15 aromatic rings. The monoisotopic (exact) mass is 1220 g/mol. The van der Waals surface area contributed by atoms with Crippen LogP contribution in [0.25, 0.3) is 99.5 Å². The highest BCUT2D eigenvalue weighted by Gasteiger charge is 2.46. The van der Waals surface area contributed by atoms with E-state index in [1.807, 2.05) is 0 Å². The Morgan fingerprint density at radius 2 is 0.674 bits per heavy atom. The molecule has 17 rings (SSSR count). The standard InChI is InChI=1S/C90H75BN4/c1-8-9-30-63-51-64(59-31-14-10-15-32-59)52-73(60-33-16-11-17-34-60)87(63)94-82-57-67(92-78-43-26-22-39-69(78)70-40-23-27-44-79(70)92)47-49-76(82)91-77-50-48-68(93-80-45-28-24-41-71(80)72-42-25-29-46-81(72)93)58-83(77)95(85-56-66(90(5,6)7)55-84(94)86(85)91)88-74(61-35-18-12-19-36-61)53-65(89(2,3)4)54-75(88)62-37-20-13-21-38-62/h10-29,31-58H,8-9,30H2,1-7H3. The minimum absolute atomic E-state index is 0.171. The highest BCUT2D eigenvalue weighted by atomic mass is 15.2. The van der Waals surface area contributed by atoms with E-state index in [0.29, 0.717) is 0 Å². The normalized spacial score (nSPS) is 12.9. The fraction of sp³-hybridized carbons (Fsp3) is 0.133. The summed E-state index contributed by atoms with van der Waals surface area (Å²) in [6, 6.07) is 111. The van der Waals surface area contributed by atoms with Gasteiger partial charge in [0.05, 0.1) is 33.4 Å². The maximum Gasteiger partial charge on any atom is 0.252 e. The zero-order chi connectivity index (χ0) is 64.3. The third-order valence-electron chi connectivity index (χ3n) is 20.4. The zero-order valence-electron chi connectivity index (χ0n) is 55.2. The lowest BCUT2D eigenvalue weighted by molar-refractivity contribution is 0.590. The first-order chi connectivity index (χ1) is 46.4. The molecule has 0 aliphatic carbocycles. The molecule has 0 fully saturated rings. The van der Waals surface area contributed by atoms with Crippen molar-refractivity contribution in [3.8, 4) is 55.9 Å². The third-order valence-corrected chi connectivity index (χ3v) is 20.4. The highest BCUT2D eigenvalue weighted by molar-refractivity contribution is 7.00. The fourth-order valence-corrected chi connectivity index (χ4v) is 15.7. The van der Waals surface area contributed by atoms with Crippen molar-refractivity contribution in [3.05, 3.63) is 308 Å². The Morgan fingerprint density at radius 1 is 0.316 bits per heavy atom. The number of unbranched alkanes of at least 4 members (excludes halogenated alkanes) is 1. The van der Waals surface area contributed by atoms with E-state index in [-0.39, 0.29) is 17.5 Å². The van der Waals surface area contributed by atoms with Crippen molar-refractivity contribution in [2.24, 2.45) is 0 Å². The van der Waals surface area contributed by atoms with Gasteiger partial charge in [-0.1, -0.05) is 261 Å². The van der Waals surface area contributed by atoms with Gasteiger partial charge >= 0.3 is 0 Å². The highest BCUT2D eigenvalue weighted by Crippen LogP contribution is 2.55. The summed E-state index contributed by atoms with van der Waals surface area (Å²) in [5.41, 5.74) is 30.8. The molecule has 95 heavy (non-hydrogen) atoms. The summed E-state index contributed by atoms with van der Waals surface area (Å²) in [6.45, 7) is 16.4. The molecule has 0 amide bonds. The molecule has 0 atom stereocenters. The summed E-state index contributed by atoms with van der Waals surface area (Å²) in [7, 11) is 0. The number of hydrogen-bond acceptors (Lipinski definition) is 2. The van der Waals surface area contributed by atoms with E-state index in [9.17, 15) is 0 Å². The second kappa shape index (κ2) is 22.7. The molecule has 4 nitrogen and oxygen atoms in total. The molecule has 0 saturated carbocycles. The number of anilines is 6. The van der Waals surface area contributed by atoms with E-state index in [2.05, 4.69) is 359 Å². The number of para-hydroxylation sites is 4. The second-order valence-electron chi connectivity index (χ2n) is 28.3. The van der Waals surface area contributed by atoms with Crippen LogP contribution in [0.3, 0.4) is 0 Å². The molecule has 0 N–H and O–H groups in total. The van der Waals surface area contributed by atoms with Crippen molar-refractivity contribution in [1.29, 1.82) is 0 Å². The lowest BCUT2D eigenvalue weighted by Crippen LogP contribution is -2.61. The van der Waals surface area contributed by atoms with Gasteiger partial charge in [0.15, 0.2) is 0 Å². The van der Waals surface area contributed by atoms with Crippen molar-refractivity contribution in [3.63, 3.8) is 0 Å². The summed E-state index contributed by atoms with van der Waals surface area (Å²) < 4.78 is 5.02. The van der Waals surface area contributed by atoms with Crippen molar-refractivity contribution >= 4 is 101 Å². The molecular formula is C90H75BN4. The first-order valence-corrected chi connectivity index (χ1v) is 34.0. The Kier molecular flexibility index (Phi) is 13.9. The Balaban J connectivity index is 1.06. The second-order valence-corrected chi connectivity index (χ2v) is 28.3.